The molecule has 0 aliphatic heterocycles. The molecule has 0 aliphatic rings. The quantitative estimate of drug-likeness (QED) is 0.768. The molecule has 106 valence electrons. The maximum atomic E-state index is 13.2. The molecule has 0 saturated heterocycles. The number of aryl methyl sites for hydroxylation is 1. The smallest absolute Gasteiger partial charge is 0.124 e. The summed E-state index contributed by atoms with van der Waals surface area (Å²) in [6.07, 6.45) is 1.15. The molecule has 0 heterocycles. The fourth-order valence-electron chi connectivity index (χ4n) is 2.00. The molecule has 0 atom stereocenters. The third kappa shape index (κ3) is 4.36. The first-order valence-electron chi connectivity index (χ1n) is 6.92. The minimum atomic E-state index is -0.188. The second kappa shape index (κ2) is 7.46. The van der Waals surface area contributed by atoms with Gasteiger partial charge in [0.15, 0.2) is 0 Å². The Morgan fingerprint density at radius 2 is 1.90 bits per heavy atom. The van der Waals surface area contributed by atoms with E-state index in [0.29, 0.717) is 0 Å². The largest absolute Gasteiger partial charge is 0.313 e. The molecule has 0 bridgehead atoms. The van der Waals surface area contributed by atoms with Crippen molar-refractivity contribution in [1.82, 2.24) is 5.32 Å². The van der Waals surface area contributed by atoms with Crippen LogP contribution >= 0.6 is 11.8 Å². The molecule has 0 amide bonds. The third-order valence-corrected chi connectivity index (χ3v) is 4.07. The molecule has 0 aliphatic carbocycles. The van der Waals surface area contributed by atoms with Crippen molar-refractivity contribution in [1.29, 1.82) is 0 Å². The van der Waals surface area contributed by atoms with Gasteiger partial charge in [0.05, 0.1) is 0 Å². The van der Waals surface area contributed by atoms with Crippen LogP contribution in [0, 0.1) is 12.7 Å². The van der Waals surface area contributed by atoms with E-state index in [2.05, 4.69) is 37.4 Å². The van der Waals surface area contributed by atoms with Crippen LogP contribution in [-0.4, -0.2) is 6.54 Å². The lowest BCUT2D eigenvalue weighted by atomic mass is 10.1. The van der Waals surface area contributed by atoms with Gasteiger partial charge in [-0.2, -0.15) is 0 Å². The van der Waals surface area contributed by atoms with Crippen molar-refractivity contribution in [3.63, 3.8) is 0 Å². The van der Waals surface area contributed by atoms with Crippen LogP contribution in [0.15, 0.2) is 52.3 Å². The van der Waals surface area contributed by atoms with Crippen LogP contribution in [0.4, 0.5) is 4.39 Å². The molecular weight excluding hydrogens is 269 g/mol. The Labute approximate surface area is 124 Å². The number of halogens is 1. The average Bonchev–Trinajstić information content (AvgIpc) is 2.41. The van der Waals surface area contributed by atoms with Crippen molar-refractivity contribution in [3.05, 3.63) is 59.4 Å². The van der Waals surface area contributed by atoms with E-state index in [1.165, 1.54) is 17.2 Å². The molecular formula is C17H20FNS. The SMILES string of the molecule is CCCNCc1ccc(Sc2cccc(F)c2)cc1C. The summed E-state index contributed by atoms with van der Waals surface area (Å²) in [4.78, 5) is 2.08. The van der Waals surface area contributed by atoms with E-state index in [0.717, 1.165) is 29.3 Å². The van der Waals surface area contributed by atoms with Gasteiger partial charge in [0.25, 0.3) is 0 Å². The van der Waals surface area contributed by atoms with Gasteiger partial charge in [-0.3, -0.25) is 0 Å². The molecule has 0 fully saturated rings. The predicted octanol–water partition coefficient (Wildman–Crippen LogP) is 4.78. The number of nitrogens with one attached hydrogen (secondary N) is 1. The zero-order valence-electron chi connectivity index (χ0n) is 11.9. The van der Waals surface area contributed by atoms with Crippen LogP contribution in [-0.2, 0) is 6.54 Å². The van der Waals surface area contributed by atoms with E-state index >= 15 is 0 Å². The Kier molecular flexibility index (Phi) is 5.62. The molecule has 0 unspecified atom stereocenters. The van der Waals surface area contributed by atoms with Gasteiger partial charge in [0.1, 0.15) is 5.82 Å². The first kappa shape index (κ1) is 15.1. The second-order valence-corrected chi connectivity index (χ2v) is 5.97. The monoisotopic (exact) mass is 289 g/mol. The average molecular weight is 289 g/mol. The molecule has 2 aromatic carbocycles. The number of rotatable bonds is 6. The van der Waals surface area contributed by atoms with Crippen molar-refractivity contribution in [2.75, 3.05) is 6.54 Å². The highest BCUT2D eigenvalue weighted by atomic mass is 32.2. The topological polar surface area (TPSA) is 12.0 Å². The Balaban J connectivity index is 2.05. The van der Waals surface area contributed by atoms with E-state index in [-0.39, 0.29) is 5.82 Å². The van der Waals surface area contributed by atoms with Crippen molar-refractivity contribution in [3.8, 4) is 0 Å². The molecule has 3 heteroatoms. The van der Waals surface area contributed by atoms with Gasteiger partial charge in [-0.25, -0.2) is 4.39 Å². The summed E-state index contributed by atoms with van der Waals surface area (Å²) in [6, 6.07) is 13.1. The molecule has 1 nitrogen and oxygen atoms in total. The predicted molar refractivity (Wildman–Crippen MR) is 83.7 cm³/mol. The Hall–Kier alpha value is -1.32. The van der Waals surface area contributed by atoms with Crippen LogP contribution in [0.5, 0.6) is 0 Å². The molecule has 2 rings (SSSR count). The Bertz CT molecular complexity index is 569. The minimum Gasteiger partial charge on any atom is -0.313 e. The van der Waals surface area contributed by atoms with Crippen LogP contribution in [0.1, 0.15) is 24.5 Å². The maximum absolute atomic E-state index is 13.2. The summed E-state index contributed by atoms with van der Waals surface area (Å²) in [7, 11) is 0. The van der Waals surface area contributed by atoms with Gasteiger partial charge in [0.2, 0.25) is 0 Å². The molecule has 1 N–H and O–H groups in total. The molecule has 0 radical (unpaired) electrons. The summed E-state index contributed by atoms with van der Waals surface area (Å²) >= 11 is 1.59. The number of benzene rings is 2. The molecule has 0 spiro atoms. The zero-order chi connectivity index (χ0) is 14.4. The first-order valence-corrected chi connectivity index (χ1v) is 7.74. The van der Waals surface area contributed by atoms with E-state index < -0.39 is 0 Å². The number of hydrogen-bond acceptors (Lipinski definition) is 2. The summed E-state index contributed by atoms with van der Waals surface area (Å²) < 4.78 is 13.2. The highest BCUT2D eigenvalue weighted by molar-refractivity contribution is 7.99. The molecule has 20 heavy (non-hydrogen) atoms. The summed E-state index contributed by atoms with van der Waals surface area (Å²) in [5, 5.41) is 3.41. The maximum Gasteiger partial charge on any atom is 0.124 e. The summed E-state index contributed by atoms with van der Waals surface area (Å²) in [5.74, 6) is -0.188. The molecule has 0 saturated carbocycles. The van der Waals surface area contributed by atoms with Gasteiger partial charge in [-0.15, -0.1) is 0 Å². The fraction of sp³-hybridized carbons (Fsp3) is 0.294. The zero-order valence-corrected chi connectivity index (χ0v) is 12.8. The summed E-state index contributed by atoms with van der Waals surface area (Å²) in [6.45, 7) is 6.24. The van der Waals surface area contributed by atoms with Gasteiger partial charge in [-0.05, 0) is 61.3 Å². The van der Waals surface area contributed by atoms with Gasteiger partial charge >= 0.3 is 0 Å². The molecule has 0 aromatic heterocycles. The van der Waals surface area contributed by atoms with Crippen molar-refractivity contribution < 1.29 is 4.39 Å². The lowest BCUT2D eigenvalue weighted by molar-refractivity contribution is 0.624. The highest BCUT2D eigenvalue weighted by Gasteiger charge is 2.03. The van der Waals surface area contributed by atoms with E-state index in [1.807, 2.05) is 6.07 Å². The fourth-order valence-corrected chi connectivity index (χ4v) is 2.96. The second-order valence-electron chi connectivity index (χ2n) is 4.82. The van der Waals surface area contributed by atoms with E-state index in [4.69, 9.17) is 0 Å². The normalized spacial score (nSPS) is 10.8. The van der Waals surface area contributed by atoms with Crippen LogP contribution in [0.2, 0.25) is 0 Å². The van der Waals surface area contributed by atoms with Gasteiger partial charge in [0, 0.05) is 16.3 Å². The van der Waals surface area contributed by atoms with E-state index in [1.54, 1.807) is 23.9 Å². The van der Waals surface area contributed by atoms with Crippen LogP contribution < -0.4 is 5.32 Å². The van der Waals surface area contributed by atoms with Crippen LogP contribution in [0.25, 0.3) is 0 Å². The molecule has 2 aromatic rings. The van der Waals surface area contributed by atoms with Crippen molar-refractivity contribution in [2.45, 2.75) is 36.6 Å². The standard InChI is InChI=1S/C17H20FNS/c1-3-9-19-12-14-7-8-17(10-13(14)2)20-16-6-4-5-15(18)11-16/h4-8,10-11,19H,3,9,12H2,1-2H3. The van der Waals surface area contributed by atoms with Gasteiger partial charge < -0.3 is 5.32 Å². The van der Waals surface area contributed by atoms with Gasteiger partial charge in [-0.1, -0.05) is 30.8 Å². The lowest BCUT2D eigenvalue weighted by Crippen LogP contribution is -2.14. The van der Waals surface area contributed by atoms with Crippen LogP contribution in [0.3, 0.4) is 0 Å². The lowest BCUT2D eigenvalue weighted by Gasteiger charge is -2.09. The van der Waals surface area contributed by atoms with Crippen molar-refractivity contribution >= 4 is 11.8 Å². The van der Waals surface area contributed by atoms with Crippen molar-refractivity contribution in [2.24, 2.45) is 0 Å². The third-order valence-electron chi connectivity index (χ3n) is 3.09. The Morgan fingerprint density at radius 3 is 2.60 bits per heavy atom. The first-order chi connectivity index (χ1) is 9.69. The van der Waals surface area contributed by atoms with E-state index in [9.17, 15) is 4.39 Å². The number of hydrogen-bond donors (Lipinski definition) is 1. The summed E-state index contributed by atoms with van der Waals surface area (Å²) in [5.41, 5.74) is 2.59. The Morgan fingerprint density at radius 1 is 1.10 bits per heavy atom. The highest BCUT2D eigenvalue weighted by Crippen LogP contribution is 2.29. The minimum absolute atomic E-state index is 0.188.